The molecule has 0 aliphatic heterocycles. The molecule has 0 spiro atoms. The van der Waals surface area contributed by atoms with E-state index >= 15 is 0 Å². The molecule has 3 rings (SSSR count). The van der Waals surface area contributed by atoms with Crippen LogP contribution >= 0.6 is 11.8 Å². The van der Waals surface area contributed by atoms with Crippen molar-refractivity contribution in [3.8, 4) is 6.07 Å². The second kappa shape index (κ2) is 9.48. The highest BCUT2D eigenvalue weighted by Crippen LogP contribution is 2.38. The lowest BCUT2D eigenvalue weighted by Crippen LogP contribution is -2.20. The molecular weight excluding hydrogens is 386 g/mol. The number of nitrogens with one attached hydrogen (secondary N) is 1. The maximum absolute atomic E-state index is 12.1. The van der Waals surface area contributed by atoms with Crippen LogP contribution in [0, 0.1) is 25.2 Å². The molecule has 6 nitrogen and oxygen atoms in total. The number of rotatable bonds is 8. The molecule has 1 N–H and O–H groups in total. The monoisotopic (exact) mass is 409 g/mol. The van der Waals surface area contributed by atoms with Crippen molar-refractivity contribution in [2.24, 2.45) is 0 Å². The Bertz CT molecular complexity index is 984. The number of aryl methyl sites for hydroxylation is 1. The number of aromatic nitrogens is 1. The normalized spacial score (nSPS) is 13.3. The third-order valence-corrected chi connectivity index (χ3v) is 5.57. The van der Waals surface area contributed by atoms with Crippen LogP contribution in [0.4, 0.5) is 5.69 Å². The fraction of sp³-hybridized carbons (Fsp3) is 0.318. The summed E-state index contributed by atoms with van der Waals surface area (Å²) < 4.78 is 7.36. The van der Waals surface area contributed by atoms with Crippen LogP contribution in [0.2, 0.25) is 0 Å². The van der Waals surface area contributed by atoms with E-state index in [4.69, 9.17) is 10.00 Å². The van der Waals surface area contributed by atoms with E-state index in [-0.39, 0.29) is 12.4 Å². The maximum atomic E-state index is 12.1. The molecule has 1 amide bonds. The van der Waals surface area contributed by atoms with E-state index in [2.05, 4.69) is 28.9 Å². The Balaban J connectivity index is 1.52. The Labute approximate surface area is 174 Å². The Hall–Kier alpha value is -2.98. The fourth-order valence-electron chi connectivity index (χ4n) is 3.20. The Morgan fingerprint density at radius 2 is 2.10 bits per heavy atom. The van der Waals surface area contributed by atoms with Gasteiger partial charge >= 0.3 is 5.97 Å². The maximum Gasteiger partial charge on any atom is 0.331 e. The van der Waals surface area contributed by atoms with Gasteiger partial charge in [-0.25, -0.2) is 4.79 Å². The van der Waals surface area contributed by atoms with Gasteiger partial charge in [0.1, 0.15) is 0 Å². The first-order valence-corrected chi connectivity index (χ1v) is 10.4. The summed E-state index contributed by atoms with van der Waals surface area (Å²) in [6, 6.07) is 11.9. The molecule has 1 saturated carbocycles. The van der Waals surface area contributed by atoms with Gasteiger partial charge in [0.2, 0.25) is 0 Å². The van der Waals surface area contributed by atoms with Crippen molar-refractivity contribution < 1.29 is 14.3 Å². The van der Waals surface area contributed by atoms with Crippen LogP contribution in [0.5, 0.6) is 0 Å². The number of nitriles is 1. The van der Waals surface area contributed by atoms with Gasteiger partial charge in [0, 0.05) is 28.4 Å². The summed E-state index contributed by atoms with van der Waals surface area (Å²) in [7, 11) is 0. The molecule has 1 fully saturated rings. The average Bonchev–Trinajstić information content (AvgIpc) is 3.49. The number of nitrogens with zero attached hydrogens (tertiary/aromatic N) is 2. The van der Waals surface area contributed by atoms with Gasteiger partial charge in [0.15, 0.2) is 6.61 Å². The molecule has 1 aliphatic rings. The highest BCUT2D eigenvalue weighted by molar-refractivity contribution is 7.99. The van der Waals surface area contributed by atoms with Gasteiger partial charge in [0.05, 0.1) is 17.5 Å². The zero-order valence-electron chi connectivity index (χ0n) is 16.5. The predicted octanol–water partition coefficient (Wildman–Crippen LogP) is 4.25. The summed E-state index contributed by atoms with van der Waals surface area (Å²) in [6.07, 6.45) is 5.49. The van der Waals surface area contributed by atoms with Crippen molar-refractivity contribution in [3.05, 3.63) is 53.4 Å². The summed E-state index contributed by atoms with van der Waals surface area (Å²) in [5.74, 6) is -0.708. The van der Waals surface area contributed by atoms with Crippen LogP contribution in [0.25, 0.3) is 6.08 Å². The number of esters is 1. The minimum absolute atomic E-state index is 0.286. The average molecular weight is 410 g/mol. The first kappa shape index (κ1) is 20.7. The number of carbonyl (C=O) groups excluding carboxylic acids is 2. The summed E-state index contributed by atoms with van der Waals surface area (Å²) >= 11 is 1.33. The van der Waals surface area contributed by atoms with Gasteiger partial charge in [-0.3, -0.25) is 4.79 Å². The molecule has 0 saturated heterocycles. The lowest BCUT2D eigenvalue weighted by molar-refractivity contribution is -0.142. The van der Waals surface area contributed by atoms with E-state index in [1.54, 1.807) is 18.2 Å². The van der Waals surface area contributed by atoms with Gasteiger partial charge in [-0.15, -0.1) is 11.8 Å². The van der Waals surface area contributed by atoms with Gasteiger partial charge in [-0.1, -0.05) is 12.1 Å². The smallest absolute Gasteiger partial charge is 0.331 e. The fourth-order valence-corrected chi connectivity index (χ4v) is 3.87. The molecule has 7 heteroatoms. The molecule has 1 aliphatic carbocycles. The van der Waals surface area contributed by atoms with Crippen molar-refractivity contribution in [2.45, 2.75) is 37.6 Å². The van der Waals surface area contributed by atoms with Crippen molar-refractivity contribution >= 4 is 35.4 Å². The molecule has 2 aromatic rings. The molecule has 29 heavy (non-hydrogen) atoms. The molecular formula is C22H23N3O3S. The van der Waals surface area contributed by atoms with Crippen LogP contribution in [0.1, 0.15) is 35.8 Å². The van der Waals surface area contributed by atoms with E-state index in [0.29, 0.717) is 11.7 Å². The second-order valence-corrected chi connectivity index (χ2v) is 7.88. The third-order valence-electron chi connectivity index (χ3n) is 4.63. The number of benzene rings is 1. The highest BCUT2D eigenvalue weighted by atomic mass is 32.2. The van der Waals surface area contributed by atoms with E-state index in [1.165, 1.54) is 36.4 Å². The molecule has 150 valence electrons. The molecule has 1 heterocycles. The number of para-hydroxylation sites is 1. The lowest BCUT2D eigenvalue weighted by Gasteiger charge is -2.09. The van der Waals surface area contributed by atoms with Crippen molar-refractivity contribution in [1.29, 1.82) is 5.26 Å². The molecule has 0 atom stereocenters. The number of carbonyl (C=O) groups is 2. The quantitative estimate of drug-likeness (QED) is 0.400. The molecule has 1 aromatic heterocycles. The first-order valence-electron chi connectivity index (χ1n) is 9.41. The topological polar surface area (TPSA) is 84.1 Å². The van der Waals surface area contributed by atoms with Gasteiger partial charge in [-0.05, 0) is 56.5 Å². The molecule has 0 bridgehead atoms. The second-order valence-electron chi connectivity index (χ2n) is 6.86. The molecule has 1 aromatic carbocycles. The number of thioether (sulfide) groups is 1. The van der Waals surface area contributed by atoms with Crippen molar-refractivity contribution in [2.75, 3.05) is 17.7 Å². The van der Waals surface area contributed by atoms with E-state index in [9.17, 15) is 9.59 Å². The molecule has 0 unspecified atom stereocenters. The van der Waals surface area contributed by atoms with Gasteiger partial charge < -0.3 is 14.6 Å². The van der Waals surface area contributed by atoms with Gasteiger partial charge in [0.25, 0.3) is 5.91 Å². The summed E-state index contributed by atoms with van der Waals surface area (Å²) in [4.78, 5) is 24.9. The summed E-state index contributed by atoms with van der Waals surface area (Å²) in [5, 5.41) is 11.4. The number of hydrogen-bond acceptors (Lipinski definition) is 5. The number of hydrogen-bond donors (Lipinski definition) is 1. The Kier molecular flexibility index (Phi) is 6.78. The largest absolute Gasteiger partial charge is 0.452 e. The van der Waals surface area contributed by atoms with E-state index in [1.807, 2.05) is 19.1 Å². The zero-order chi connectivity index (χ0) is 20.8. The van der Waals surface area contributed by atoms with Crippen LogP contribution in [0.15, 0.2) is 41.3 Å². The van der Waals surface area contributed by atoms with Crippen LogP contribution < -0.4 is 5.32 Å². The number of ether oxygens (including phenoxy) is 1. The first-order chi connectivity index (χ1) is 14.0. The Morgan fingerprint density at radius 1 is 1.34 bits per heavy atom. The summed E-state index contributed by atoms with van der Waals surface area (Å²) in [5.41, 5.74) is 3.90. The molecule has 0 radical (unpaired) electrons. The van der Waals surface area contributed by atoms with Crippen LogP contribution in [-0.2, 0) is 14.3 Å². The summed E-state index contributed by atoms with van der Waals surface area (Å²) in [6.45, 7) is 3.74. The van der Waals surface area contributed by atoms with Crippen LogP contribution in [-0.4, -0.2) is 28.8 Å². The van der Waals surface area contributed by atoms with Crippen LogP contribution in [0.3, 0.4) is 0 Å². The van der Waals surface area contributed by atoms with Crippen molar-refractivity contribution in [1.82, 2.24) is 4.57 Å². The minimum atomic E-state index is -0.566. The SMILES string of the molecule is Cc1cc(/C=C/C(=O)OCC(=O)Nc2ccccc2SCC#N)c(C)n1C1CC1. The van der Waals surface area contributed by atoms with E-state index < -0.39 is 11.9 Å². The highest BCUT2D eigenvalue weighted by Gasteiger charge is 2.26. The van der Waals surface area contributed by atoms with E-state index in [0.717, 1.165) is 16.2 Å². The van der Waals surface area contributed by atoms with Gasteiger partial charge in [-0.2, -0.15) is 5.26 Å². The number of anilines is 1. The Morgan fingerprint density at radius 3 is 2.83 bits per heavy atom. The standard InChI is InChI=1S/C22H23N3O3S/c1-15-13-17(16(2)25(15)18-8-9-18)7-10-22(27)28-14-21(26)24-19-5-3-4-6-20(19)29-12-11-23/h3-7,10,13,18H,8-9,12,14H2,1-2H3,(H,24,26)/b10-7+. The predicted molar refractivity (Wildman–Crippen MR) is 114 cm³/mol. The van der Waals surface area contributed by atoms with Crippen molar-refractivity contribution in [3.63, 3.8) is 0 Å². The third kappa shape index (κ3) is 5.52. The number of amides is 1. The minimum Gasteiger partial charge on any atom is -0.452 e. The lowest BCUT2D eigenvalue weighted by atomic mass is 10.2. The zero-order valence-corrected chi connectivity index (χ0v) is 17.3.